The van der Waals surface area contributed by atoms with E-state index in [2.05, 4.69) is 10.4 Å². The van der Waals surface area contributed by atoms with Crippen LogP contribution in [0, 0.1) is 0 Å². The molecule has 3 rings (SSSR count). The summed E-state index contributed by atoms with van der Waals surface area (Å²) in [6.45, 7) is 1.56. The highest BCUT2D eigenvalue weighted by molar-refractivity contribution is 5.87. The van der Waals surface area contributed by atoms with Crippen molar-refractivity contribution in [1.29, 1.82) is 0 Å². The van der Waals surface area contributed by atoms with Gasteiger partial charge in [0.2, 0.25) is 0 Å². The van der Waals surface area contributed by atoms with Crippen LogP contribution in [-0.2, 0) is 13.0 Å². The minimum absolute atomic E-state index is 0.249. The summed E-state index contributed by atoms with van der Waals surface area (Å²) in [5, 5.41) is 16.8. The van der Waals surface area contributed by atoms with E-state index in [1.807, 2.05) is 4.68 Å². The Balaban J connectivity index is 2.05. The summed E-state index contributed by atoms with van der Waals surface area (Å²) in [5.74, 6) is -0.901. The zero-order chi connectivity index (χ0) is 11.8. The Kier molecular flexibility index (Phi) is 2.63. The van der Waals surface area contributed by atoms with E-state index in [4.69, 9.17) is 0 Å². The zero-order valence-corrected chi connectivity index (χ0v) is 9.78. The molecule has 5 heteroatoms. The lowest BCUT2D eigenvalue weighted by molar-refractivity contribution is 0.0688. The van der Waals surface area contributed by atoms with Gasteiger partial charge >= 0.3 is 5.97 Å². The summed E-state index contributed by atoms with van der Waals surface area (Å²) in [6, 6.07) is 0.426. The predicted molar refractivity (Wildman–Crippen MR) is 62.1 cm³/mol. The fourth-order valence-corrected chi connectivity index (χ4v) is 3.00. The molecule has 0 radical (unpaired) electrons. The molecule has 0 amide bonds. The molecule has 0 bridgehead atoms. The Morgan fingerprint density at radius 2 is 2.18 bits per heavy atom. The number of hydrogen-bond acceptors (Lipinski definition) is 3. The van der Waals surface area contributed by atoms with E-state index in [9.17, 15) is 9.90 Å². The fraction of sp³-hybridized carbons (Fsp3) is 0.667. The monoisotopic (exact) mass is 235 g/mol. The number of nitrogens with one attached hydrogen (secondary N) is 1. The third-order valence-electron chi connectivity index (χ3n) is 3.83. The molecule has 17 heavy (non-hydrogen) atoms. The Hall–Kier alpha value is -1.36. The van der Waals surface area contributed by atoms with Crippen LogP contribution in [0.3, 0.4) is 0 Å². The van der Waals surface area contributed by atoms with E-state index >= 15 is 0 Å². The lowest BCUT2D eigenvalue weighted by atomic mass is 10.1. The van der Waals surface area contributed by atoms with Gasteiger partial charge < -0.3 is 10.4 Å². The maximum atomic E-state index is 11.2. The summed E-state index contributed by atoms with van der Waals surface area (Å²) in [7, 11) is 0. The lowest BCUT2D eigenvalue weighted by Gasteiger charge is -2.18. The molecular formula is C12H17N3O2. The van der Waals surface area contributed by atoms with E-state index in [-0.39, 0.29) is 5.69 Å². The van der Waals surface area contributed by atoms with Gasteiger partial charge in [0.25, 0.3) is 0 Å². The van der Waals surface area contributed by atoms with Crippen molar-refractivity contribution in [2.75, 3.05) is 6.54 Å². The molecule has 1 fully saturated rings. The van der Waals surface area contributed by atoms with Crippen molar-refractivity contribution >= 4 is 5.97 Å². The average molecular weight is 235 g/mol. The molecule has 1 saturated carbocycles. The Bertz CT molecular complexity index is 447. The van der Waals surface area contributed by atoms with Gasteiger partial charge in [-0.05, 0) is 12.8 Å². The molecule has 1 aliphatic heterocycles. The molecule has 5 nitrogen and oxygen atoms in total. The van der Waals surface area contributed by atoms with Gasteiger partial charge in [-0.3, -0.25) is 4.68 Å². The minimum Gasteiger partial charge on any atom is -0.476 e. The smallest absolute Gasteiger partial charge is 0.356 e. The standard InChI is InChI=1S/C12H17N3O2/c16-12(17)11-9-7-13-6-5-10(9)15(14-11)8-3-1-2-4-8/h8,13H,1-7H2,(H,16,17). The lowest BCUT2D eigenvalue weighted by Crippen LogP contribution is -2.26. The van der Waals surface area contributed by atoms with Gasteiger partial charge in [-0.25, -0.2) is 4.79 Å². The molecule has 0 unspecified atom stereocenters. The summed E-state index contributed by atoms with van der Waals surface area (Å²) < 4.78 is 2.01. The molecule has 2 aliphatic rings. The molecule has 92 valence electrons. The number of carboxylic acids is 1. The van der Waals surface area contributed by atoms with Crippen molar-refractivity contribution in [2.45, 2.75) is 44.7 Å². The molecule has 0 atom stereocenters. The molecule has 0 aromatic carbocycles. The maximum absolute atomic E-state index is 11.2. The average Bonchev–Trinajstić information content (AvgIpc) is 2.95. The quantitative estimate of drug-likeness (QED) is 0.811. The number of carboxylic acid groups (broad SMARTS) is 1. The van der Waals surface area contributed by atoms with Crippen LogP contribution in [0.1, 0.15) is 53.5 Å². The molecule has 1 aromatic heterocycles. The van der Waals surface area contributed by atoms with Crippen LogP contribution in [0.25, 0.3) is 0 Å². The molecule has 0 saturated heterocycles. The van der Waals surface area contributed by atoms with Gasteiger partial charge in [-0.2, -0.15) is 5.10 Å². The highest BCUT2D eigenvalue weighted by Gasteiger charge is 2.28. The van der Waals surface area contributed by atoms with E-state index in [0.29, 0.717) is 12.6 Å². The van der Waals surface area contributed by atoms with E-state index < -0.39 is 5.97 Å². The molecule has 2 N–H and O–H groups in total. The zero-order valence-electron chi connectivity index (χ0n) is 9.78. The summed E-state index contributed by atoms with van der Waals surface area (Å²) in [6.07, 6.45) is 5.65. The van der Waals surface area contributed by atoms with Gasteiger partial charge in [0.15, 0.2) is 5.69 Å². The highest BCUT2D eigenvalue weighted by Crippen LogP contribution is 2.32. The maximum Gasteiger partial charge on any atom is 0.356 e. The van der Waals surface area contributed by atoms with Crippen molar-refractivity contribution in [3.63, 3.8) is 0 Å². The van der Waals surface area contributed by atoms with E-state index in [0.717, 1.165) is 37.1 Å². The molecule has 1 aliphatic carbocycles. The van der Waals surface area contributed by atoms with Crippen molar-refractivity contribution in [3.05, 3.63) is 17.0 Å². The first kappa shape index (κ1) is 10.8. The SMILES string of the molecule is O=C(O)c1nn(C2CCCC2)c2c1CNCC2. The van der Waals surface area contributed by atoms with Crippen LogP contribution >= 0.6 is 0 Å². The third-order valence-corrected chi connectivity index (χ3v) is 3.83. The van der Waals surface area contributed by atoms with Crippen molar-refractivity contribution < 1.29 is 9.90 Å². The second-order valence-electron chi connectivity index (χ2n) is 4.89. The van der Waals surface area contributed by atoms with Crippen LogP contribution in [0.2, 0.25) is 0 Å². The normalized spacial score (nSPS) is 20.5. The van der Waals surface area contributed by atoms with Gasteiger partial charge in [0.1, 0.15) is 0 Å². The van der Waals surface area contributed by atoms with E-state index in [1.165, 1.54) is 12.8 Å². The third kappa shape index (κ3) is 1.74. The summed E-state index contributed by atoms with van der Waals surface area (Å²) in [5.41, 5.74) is 2.29. The summed E-state index contributed by atoms with van der Waals surface area (Å²) in [4.78, 5) is 11.2. The summed E-state index contributed by atoms with van der Waals surface area (Å²) >= 11 is 0. The van der Waals surface area contributed by atoms with Crippen LogP contribution in [0.15, 0.2) is 0 Å². The number of rotatable bonds is 2. The Morgan fingerprint density at radius 1 is 1.41 bits per heavy atom. The molecule has 0 spiro atoms. The number of nitrogens with zero attached hydrogens (tertiary/aromatic N) is 2. The number of carbonyl (C=O) groups is 1. The number of aromatic nitrogens is 2. The van der Waals surface area contributed by atoms with Gasteiger partial charge in [0.05, 0.1) is 6.04 Å². The van der Waals surface area contributed by atoms with E-state index in [1.54, 1.807) is 0 Å². The minimum atomic E-state index is -0.901. The number of aromatic carboxylic acids is 1. The molecular weight excluding hydrogens is 218 g/mol. The van der Waals surface area contributed by atoms with Crippen LogP contribution in [0.5, 0.6) is 0 Å². The number of hydrogen-bond donors (Lipinski definition) is 2. The first-order valence-electron chi connectivity index (χ1n) is 6.31. The van der Waals surface area contributed by atoms with Gasteiger partial charge in [-0.15, -0.1) is 0 Å². The largest absolute Gasteiger partial charge is 0.476 e. The van der Waals surface area contributed by atoms with Crippen molar-refractivity contribution in [1.82, 2.24) is 15.1 Å². The van der Waals surface area contributed by atoms with Gasteiger partial charge in [-0.1, -0.05) is 12.8 Å². The first-order chi connectivity index (χ1) is 8.27. The fourth-order valence-electron chi connectivity index (χ4n) is 3.00. The first-order valence-corrected chi connectivity index (χ1v) is 6.31. The molecule has 2 heterocycles. The highest BCUT2D eigenvalue weighted by atomic mass is 16.4. The van der Waals surface area contributed by atoms with Crippen LogP contribution in [-0.4, -0.2) is 27.4 Å². The van der Waals surface area contributed by atoms with Crippen molar-refractivity contribution in [3.8, 4) is 0 Å². The van der Waals surface area contributed by atoms with Gasteiger partial charge in [0, 0.05) is 30.8 Å². The predicted octanol–water partition coefficient (Wildman–Crippen LogP) is 1.34. The molecule has 1 aromatic rings. The van der Waals surface area contributed by atoms with Crippen LogP contribution < -0.4 is 5.32 Å². The Morgan fingerprint density at radius 3 is 2.88 bits per heavy atom. The second-order valence-corrected chi connectivity index (χ2v) is 4.89. The van der Waals surface area contributed by atoms with Crippen LogP contribution in [0.4, 0.5) is 0 Å². The second kappa shape index (κ2) is 4.14. The Labute approximate surface area is 99.8 Å². The number of fused-ring (bicyclic) bond motifs is 1. The topological polar surface area (TPSA) is 67.1 Å². The van der Waals surface area contributed by atoms with Crippen molar-refractivity contribution in [2.24, 2.45) is 0 Å².